The molecule has 2 rings (SSSR count). The van der Waals surface area contributed by atoms with Crippen molar-refractivity contribution in [2.45, 2.75) is 38.8 Å². The molecule has 0 radical (unpaired) electrons. The van der Waals surface area contributed by atoms with Gasteiger partial charge >= 0.3 is 0 Å². The number of rotatable bonds is 5. The van der Waals surface area contributed by atoms with E-state index in [0.29, 0.717) is 6.54 Å². The molecule has 122 valence electrons. The van der Waals surface area contributed by atoms with E-state index in [1.807, 2.05) is 58.0 Å². The average Bonchev–Trinajstić information content (AvgIpc) is 2.41. The predicted molar refractivity (Wildman–Crippen MR) is 89.3 cm³/mol. The molecular formula is C17H27N3O2. The number of carbonyl (C=O) groups is 1. The smallest absolute Gasteiger partial charge is 0.270 e. The van der Waals surface area contributed by atoms with E-state index < -0.39 is 5.60 Å². The number of anilines is 1. The first kappa shape index (κ1) is 16.8. The van der Waals surface area contributed by atoms with Crippen molar-refractivity contribution >= 4 is 11.6 Å². The SMILES string of the molecule is CC(N)c1ccc2c(c1)N(CCCN(C)C)C(=O)C(C)(C)O2. The van der Waals surface area contributed by atoms with E-state index in [2.05, 4.69) is 4.90 Å². The molecule has 0 bridgehead atoms. The van der Waals surface area contributed by atoms with Crippen LogP contribution in [0.15, 0.2) is 18.2 Å². The van der Waals surface area contributed by atoms with Crippen molar-refractivity contribution in [3.8, 4) is 5.75 Å². The maximum atomic E-state index is 12.7. The van der Waals surface area contributed by atoms with Crippen LogP contribution in [0.25, 0.3) is 0 Å². The topological polar surface area (TPSA) is 58.8 Å². The molecule has 0 saturated heterocycles. The Labute approximate surface area is 133 Å². The molecule has 1 amide bonds. The van der Waals surface area contributed by atoms with E-state index in [9.17, 15) is 4.79 Å². The molecule has 1 aromatic rings. The average molecular weight is 305 g/mol. The summed E-state index contributed by atoms with van der Waals surface area (Å²) in [6.07, 6.45) is 0.913. The Kier molecular flexibility index (Phi) is 4.78. The summed E-state index contributed by atoms with van der Waals surface area (Å²) in [5, 5.41) is 0. The van der Waals surface area contributed by atoms with Crippen molar-refractivity contribution in [2.24, 2.45) is 5.73 Å². The summed E-state index contributed by atoms with van der Waals surface area (Å²) >= 11 is 0. The number of amides is 1. The van der Waals surface area contributed by atoms with Gasteiger partial charge in [-0.15, -0.1) is 0 Å². The third-order valence-electron chi connectivity index (χ3n) is 3.91. The molecule has 5 heteroatoms. The Morgan fingerprint density at radius 2 is 2.05 bits per heavy atom. The summed E-state index contributed by atoms with van der Waals surface area (Å²) < 4.78 is 5.88. The fourth-order valence-corrected chi connectivity index (χ4v) is 2.63. The zero-order valence-electron chi connectivity index (χ0n) is 14.2. The van der Waals surface area contributed by atoms with E-state index >= 15 is 0 Å². The highest BCUT2D eigenvalue weighted by Crippen LogP contribution is 2.39. The highest BCUT2D eigenvalue weighted by molar-refractivity contribution is 6.02. The quantitative estimate of drug-likeness (QED) is 0.905. The molecule has 1 unspecified atom stereocenters. The molecule has 0 saturated carbocycles. The highest BCUT2D eigenvalue weighted by atomic mass is 16.5. The molecule has 22 heavy (non-hydrogen) atoms. The summed E-state index contributed by atoms with van der Waals surface area (Å²) in [4.78, 5) is 16.7. The van der Waals surface area contributed by atoms with Gasteiger partial charge in [0, 0.05) is 12.6 Å². The zero-order chi connectivity index (χ0) is 16.5. The van der Waals surface area contributed by atoms with E-state index in [0.717, 1.165) is 30.0 Å². The van der Waals surface area contributed by atoms with Crippen LogP contribution in [0.5, 0.6) is 5.75 Å². The van der Waals surface area contributed by atoms with Crippen LogP contribution in [0.2, 0.25) is 0 Å². The monoisotopic (exact) mass is 305 g/mol. The van der Waals surface area contributed by atoms with Crippen molar-refractivity contribution in [1.29, 1.82) is 0 Å². The fraction of sp³-hybridized carbons (Fsp3) is 0.588. The fourth-order valence-electron chi connectivity index (χ4n) is 2.63. The van der Waals surface area contributed by atoms with Gasteiger partial charge in [-0.05, 0) is 65.5 Å². The number of nitrogens with zero attached hydrogens (tertiary/aromatic N) is 2. The lowest BCUT2D eigenvalue weighted by molar-refractivity contribution is -0.132. The van der Waals surface area contributed by atoms with Crippen LogP contribution in [0.3, 0.4) is 0 Å². The van der Waals surface area contributed by atoms with Crippen LogP contribution in [-0.4, -0.2) is 43.6 Å². The molecule has 0 aliphatic carbocycles. The van der Waals surface area contributed by atoms with Crippen molar-refractivity contribution < 1.29 is 9.53 Å². The number of nitrogens with two attached hydrogens (primary N) is 1. The molecule has 2 N–H and O–H groups in total. The maximum Gasteiger partial charge on any atom is 0.270 e. The minimum Gasteiger partial charge on any atom is -0.476 e. The molecule has 1 heterocycles. The largest absolute Gasteiger partial charge is 0.476 e. The van der Waals surface area contributed by atoms with Gasteiger partial charge in [-0.3, -0.25) is 4.79 Å². The summed E-state index contributed by atoms with van der Waals surface area (Å²) in [5.74, 6) is 0.749. The van der Waals surface area contributed by atoms with Crippen molar-refractivity contribution in [3.63, 3.8) is 0 Å². The standard InChI is InChI=1S/C17H27N3O2/c1-12(18)13-7-8-15-14(11-13)20(10-6-9-19(4)5)16(21)17(2,3)22-15/h7-8,11-12H,6,9-10,18H2,1-5H3. The van der Waals surface area contributed by atoms with Gasteiger partial charge in [0.2, 0.25) is 0 Å². The minimum atomic E-state index is -0.832. The lowest BCUT2D eigenvalue weighted by atomic mass is 10.0. The number of hydrogen-bond acceptors (Lipinski definition) is 4. The summed E-state index contributed by atoms with van der Waals surface area (Å²) in [6.45, 7) is 7.19. The first-order valence-electron chi connectivity index (χ1n) is 7.77. The van der Waals surface area contributed by atoms with Gasteiger partial charge in [0.25, 0.3) is 5.91 Å². The Hall–Kier alpha value is -1.59. The highest BCUT2D eigenvalue weighted by Gasteiger charge is 2.40. The van der Waals surface area contributed by atoms with Crippen molar-refractivity contribution in [1.82, 2.24) is 4.90 Å². The second kappa shape index (κ2) is 6.26. The molecule has 0 fully saturated rings. The number of hydrogen-bond donors (Lipinski definition) is 1. The second-order valence-corrected chi connectivity index (χ2v) is 6.74. The Morgan fingerprint density at radius 1 is 1.36 bits per heavy atom. The normalized spacial score (nSPS) is 18.1. The van der Waals surface area contributed by atoms with Crippen molar-refractivity contribution in [2.75, 3.05) is 32.1 Å². The van der Waals surface area contributed by atoms with Crippen LogP contribution >= 0.6 is 0 Å². The minimum absolute atomic E-state index is 0.000538. The van der Waals surface area contributed by atoms with E-state index in [4.69, 9.17) is 10.5 Å². The molecule has 0 aromatic heterocycles. The molecule has 0 spiro atoms. The Morgan fingerprint density at radius 3 is 2.64 bits per heavy atom. The lowest BCUT2D eigenvalue weighted by Crippen LogP contribution is -2.53. The van der Waals surface area contributed by atoms with E-state index in [1.165, 1.54) is 0 Å². The number of ether oxygens (including phenoxy) is 1. The summed E-state index contributed by atoms with van der Waals surface area (Å²) in [6, 6.07) is 5.79. The van der Waals surface area contributed by atoms with Gasteiger partial charge in [-0.1, -0.05) is 6.07 Å². The number of benzene rings is 1. The second-order valence-electron chi connectivity index (χ2n) is 6.74. The zero-order valence-corrected chi connectivity index (χ0v) is 14.2. The molecule has 1 atom stereocenters. The Bertz CT molecular complexity index is 553. The van der Waals surface area contributed by atoms with Crippen LogP contribution in [-0.2, 0) is 4.79 Å². The van der Waals surface area contributed by atoms with Crippen LogP contribution in [0, 0.1) is 0 Å². The van der Waals surface area contributed by atoms with E-state index in [1.54, 1.807) is 0 Å². The first-order chi connectivity index (χ1) is 10.2. The lowest BCUT2D eigenvalue weighted by Gasteiger charge is -2.39. The van der Waals surface area contributed by atoms with Gasteiger partial charge < -0.3 is 20.3 Å². The van der Waals surface area contributed by atoms with Gasteiger partial charge in [-0.25, -0.2) is 0 Å². The third kappa shape index (κ3) is 3.42. The van der Waals surface area contributed by atoms with Gasteiger partial charge in [0.15, 0.2) is 5.60 Å². The van der Waals surface area contributed by atoms with Gasteiger partial charge in [0.1, 0.15) is 5.75 Å². The van der Waals surface area contributed by atoms with Crippen LogP contribution in [0.4, 0.5) is 5.69 Å². The van der Waals surface area contributed by atoms with Gasteiger partial charge in [0.05, 0.1) is 5.69 Å². The summed E-state index contributed by atoms with van der Waals surface area (Å²) in [5.41, 5.74) is 6.98. The van der Waals surface area contributed by atoms with Crippen molar-refractivity contribution in [3.05, 3.63) is 23.8 Å². The number of fused-ring (bicyclic) bond motifs is 1. The molecular weight excluding hydrogens is 278 g/mol. The first-order valence-corrected chi connectivity index (χ1v) is 7.77. The predicted octanol–water partition coefficient (Wildman–Crippen LogP) is 2.16. The third-order valence-corrected chi connectivity index (χ3v) is 3.91. The molecule has 5 nitrogen and oxygen atoms in total. The summed E-state index contributed by atoms with van der Waals surface area (Å²) in [7, 11) is 4.07. The molecule has 1 aliphatic rings. The molecule has 1 aliphatic heterocycles. The van der Waals surface area contributed by atoms with E-state index in [-0.39, 0.29) is 11.9 Å². The Balaban J connectivity index is 2.33. The maximum absolute atomic E-state index is 12.7. The van der Waals surface area contributed by atoms with Crippen LogP contribution < -0.4 is 15.4 Å². The van der Waals surface area contributed by atoms with Gasteiger partial charge in [-0.2, -0.15) is 0 Å². The van der Waals surface area contributed by atoms with Crippen LogP contribution in [0.1, 0.15) is 38.8 Å². The molecule has 1 aromatic carbocycles. The number of carbonyl (C=O) groups excluding carboxylic acids is 1.